The minimum absolute atomic E-state index is 0.0499. The van der Waals surface area contributed by atoms with Gasteiger partial charge in [0, 0.05) is 38.0 Å². The quantitative estimate of drug-likeness (QED) is 0.199. The Balaban J connectivity index is 1.79. The van der Waals surface area contributed by atoms with Crippen molar-refractivity contribution in [2.75, 3.05) is 14.2 Å². The van der Waals surface area contributed by atoms with Crippen molar-refractivity contribution in [3.05, 3.63) is 35.9 Å². The second-order valence-electron chi connectivity index (χ2n) is 18.1. The largest absolute Gasteiger partial charge is 0.459 e. The standard InChI is InChI=1S/C43H73NO13/c1-13-31-43(10,51)36(47)25(4)33(45)23(2)20-41(8,50)38(57-40-34(46)30(19-24(3)53-40)44(11)22-29-17-15-14-16-18-29)26(5)35(27(6)39(49)55-31)56-32-21-42(9,52-12)37(48)28(7)54-32/h14-18,23-28,30-38,40,45-48,50-51H,13,19-22H2,1-12H3/t23-,24-,25+,26+,27-,28+,30+,31-,32+,33+,34-,35+,36-,37+,38-,40+,41-,42-,43-/m1/s1. The van der Waals surface area contributed by atoms with Gasteiger partial charge in [0.05, 0.1) is 53.7 Å². The highest BCUT2D eigenvalue weighted by Crippen LogP contribution is 2.41. The summed E-state index contributed by atoms with van der Waals surface area (Å²) in [7, 11) is 3.43. The van der Waals surface area contributed by atoms with Crippen LogP contribution in [0.25, 0.3) is 0 Å². The highest BCUT2D eigenvalue weighted by atomic mass is 16.7. The SMILES string of the molecule is CC[C@H]1OC(=O)[C@H](C)[C@@H](O[C@H]2C[C@@](C)(OC)[C@@H](O)[C@H](C)O2)[C@H](C)[C@@H](O[C@@H]2O[C@H](C)C[C@H](N(C)Cc3ccccc3)[C@H]2O)[C@](C)(O)C[C@@H](C)[C@H](O)[C@H](C)[C@@H](O)[C@]1(C)O. The highest BCUT2D eigenvalue weighted by molar-refractivity contribution is 5.73. The van der Waals surface area contributed by atoms with Gasteiger partial charge in [-0.25, -0.2) is 0 Å². The molecule has 3 heterocycles. The number of aliphatic hydroxyl groups excluding tert-OH is 4. The third-order valence-electron chi connectivity index (χ3n) is 13.2. The van der Waals surface area contributed by atoms with Gasteiger partial charge in [-0.15, -0.1) is 0 Å². The first-order valence-corrected chi connectivity index (χ1v) is 20.8. The van der Waals surface area contributed by atoms with Gasteiger partial charge in [0.15, 0.2) is 12.6 Å². The smallest absolute Gasteiger partial charge is 0.311 e. The predicted molar refractivity (Wildman–Crippen MR) is 211 cm³/mol. The van der Waals surface area contributed by atoms with Crippen LogP contribution < -0.4 is 0 Å². The number of esters is 1. The van der Waals surface area contributed by atoms with Crippen LogP contribution in [0.3, 0.4) is 0 Å². The van der Waals surface area contributed by atoms with Crippen LogP contribution in [0.1, 0.15) is 100 Å². The lowest BCUT2D eigenvalue weighted by atomic mass is 9.73. The number of carbonyl (C=O) groups is 1. The van der Waals surface area contributed by atoms with Crippen molar-refractivity contribution in [3.63, 3.8) is 0 Å². The fourth-order valence-electron chi connectivity index (χ4n) is 9.50. The Bertz CT molecular complexity index is 1420. The molecule has 0 bridgehead atoms. The maximum absolute atomic E-state index is 14.2. The maximum Gasteiger partial charge on any atom is 0.311 e. The van der Waals surface area contributed by atoms with Gasteiger partial charge >= 0.3 is 5.97 Å². The van der Waals surface area contributed by atoms with Crippen LogP contribution in [-0.4, -0.2) is 146 Å². The van der Waals surface area contributed by atoms with Gasteiger partial charge in [-0.3, -0.25) is 9.69 Å². The van der Waals surface area contributed by atoms with Crippen molar-refractivity contribution in [3.8, 4) is 0 Å². The fraction of sp³-hybridized carbons (Fsp3) is 0.837. The lowest BCUT2D eigenvalue weighted by Gasteiger charge is -2.49. The van der Waals surface area contributed by atoms with Crippen LogP contribution in [0.2, 0.25) is 0 Å². The summed E-state index contributed by atoms with van der Waals surface area (Å²) in [5.74, 6) is -4.19. The molecule has 0 aromatic heterocycles. The first-order valence-electron chi connectivity index (χ1n) is 20.8. The number of aliphatic hydroxyl groups is 6. The first-order chi connectivity index (χ1) is 26.5. The zero-order chi connectivity index (χ0) is 42.8. The third-order valence-corrected chi connectivity index (χ3v) is 13.2. The molecule has 1 aromatic rings. The second kappa shape index (κ2) is 19.3. The molecule has 14 nitrogen and oxygen atoms in total. The molecule has 0 unspecified atom stereocenters. The van der Waals surface area contributed by atoms with E-state index >= 15 is 0 Å². The monoisotopic (exact) mass is 812 g/mol. The van der Waals surface area contributed by atoms with Gasteiger partial charge in [-0.2, -0.15) is 0 Å². The molecule has 14 heteroatoms. The Morgan fingerprint density at radius 2 is 1.49 bits per heavy atom. The molecule has 3 saturated heterocycles. The molecule has 3 aliphatic rings. The normalized spacial score (nSPS) is 47.0. The summed E-state index contributed by atoms with van der Waals surface area (Å²) in [6.07, 6.45) is -10.8. The molecule has 0 spiro atoms. The van der Waals surface area contributed by atoms with Crippen LogP contribution in [0, 0.1) is 23.7 Å². The van der Waals surface area contributed by atoms with E-state index in [1.54, 1.807) is 55.4 Å². The summed E-state index contributed by atoms with van der Waals surface area (Å²) < 4.78 is 37.7. The van der Waals surface area contributed by atoms with E-state index in [9.17, 15) is 35.4 Å². The molecule has 3 fully saturated rings. The number of nitrogens with zero attached hydrogens (tertiary/aromatic N) is 1. The van der Waals surface area contributed by atoms with Gasteiger partial charge in [0.1, 0.15) is 23.9 Å². The van der Waals surface area contributed by atoms with E-state index in [1.165, 1.54) is 14.0 Å². The van der Waals surface area contributed by atoms with E-state index in [0.717, 1.165) is 5.56 Å². The van der Waals surface area contributed by atoms with Gasteiger partial charge in [0.25, 0.3) is 0 Å². The van der Waals surface area contributed by atoms with Crippen LogP contribution in [0.5, 0.6) is 0 Å². The van der Waals surface area contributed by atoms with E-state index in [0.29, 0.717) is 13.0 Å². The number of rotatable bonds is 9. The number of carbonyl (C=O) groups excluding carboxylic acids is 1. The first kappa shape index (κ1) is 47.9. The Labute approximate surface area is 339 Å². The van der Waals surface area contributed by atoms with Gasteiger partial charge in [0.2, 0.25) is 0 Å². The van der Waals surface area contributed by atoms with Gasteiger partial charge in [-0.05, 0) is 79.3 Å². The van der Waals surface area contributed by atoms with E-state index in [-0.39, 0.29) is 31.4 Å². The number of ether oxygens (including phenoxy) is 6. The third kappa shape index (κ3) is 10.8. The molecule has 19 atom stereocenters. The topological polar surface area (TPSA) is 197 Å². The average molecular weight is 812 g/mol. The van der Waals surface area contributed by atoms with Crippen LogP contribution in [0.4, 0.5) is 0 Å². The summed E-state index contributed by atoms with van der Waals surface area (Å²) in [5.41, 5.74) is -3.69. The van der Waals surface area contributed by atoms with Crippen molar-refractivity contribution in [2.24, 2.45) is 23.7 Å². The number of benzene rings is 1. The summed E-state index contributed by atoms with van der Waals surface area (Å²) in [4.78, 5) is 16.3. The van der Waals surface area contributed by atoms with Crippen LogP contribution in [0.15, 0.2) is 30.3 Å². The van der Waals surface area contributed by atoms with E-state index in [2.05, 4.69) is 4.90 Å². The Hall–Kier alpha value is -1.79. The summed E-state index contributed by atoms with van der Waals surface area (Å²) in [6.45, 7) is 17.3. The van der Waals surface area contributed by atoms with E-state index < -0.39 is 108 Å². The summed E-state index contributed by atoms with van der Waals surface area (Å²) >= 11 is 0. The molecule has 1 aromatic carbocycles. The Morgan fingerprint density at radius 1 is 0.860 bits per heavy atom. The molecular weight excluding hydrogens is 738 g/mol. The van der Waals surface area contributed by atoms with Crippen LogP contribution >= 0.6 is 0 Å². The van der Waals surface area contributed by atoms with Gasteiger partial charge < -0.3 is 59.1 Å². The number of methoxy groups -OCH3 is 1. The lowest BCUT2D eigenvalue weighted by Crippen LogP contribution is -2.61. The minimum atomic E-state index is -1.95. The van der Waals surface area contributed by atoms with Crippen molar-refractivity contribution in [1.29, 1.82) is 0 Å². The van der Waals surface area contributed by atoms with E-state index in [1.807, 2.05) is 44.3 Å². The number of hydrogen-bond acceptors (Lipinski definition) is 14. The van der Waals surface area contributed by atoms with Crippen LogP contribution in [-0.2, 0) is 39.8 Å². The molecular formula is C43H73NO13. The van der Waals surface area contributed by atoms with Gasteiger partial charge in [-0.1, -0.05) is 58.0 Å². The molecule has 0 aliphatic carbocycles. The molecule has 328 valence electrons. The second-order valence-corrected chi connectivity index (χ2v) is 18.1. The molecule has 3 aliphatic heterocycles. The number of hydrogen-bond donors (Lipinski definition) is 6. The van der Waals surface area contributed by atoms with Crippen molar-refractivity contribution in [2.45, 2.75) is 192 Å². The molecule has 0 amide bonds. The highest BCUT2D eigenvalue weighted by Gasteiger charge is 2.53. The van der Waals surface area contributed by atoms with Crippen molar-refractivity contribution < 1.29 is 63.9 Å². The zero-order valence-electron chi connectivity index (χ0n) is 36.1. The summed E-state index contributed by atoms with van der Waals surface area (Å²) in [6, 6.07) is 9.54. The molecule has 6 N–H and O–H groups in total. The molecule has 0 saturated carbocycles. The van der Waals surface area contributed by atoms with Crippen molar-refractivity contribution >= 4 is 5.97 Å². The Kier molecular flexibility index (Phi) is 16.2. The zero-order valence-corrected chi connectivity index (χ0v) is 36.1. The van der Waals surface area contributed by atoms with E-state index in [4.69, 9.17) is 28.4 Å². The predicted octanol–water partition coefficient (Wildman–Crippen LogP) is 3.15. The molecule has 4 rings (SSSR count). The molecule has 57 heavy (non-hydrogen) atoms. The summed E-state index contributed by atoms with van der Waals surface area (Å²) in [5, 5.41) is 70.3. The Morgan fingerprint density at radius 3 is 2.09 bits per heavy atom. The van der Waals surface area contributed by atoms with Crippen molar-refractivity contribution in [1.82, 2.24) is 4.90 Å². The lowest BCUT2D eigenvalue weighted by molar-refractivity contribution is -0.319. The number of cyclic esters (lactones) is 1. The number of likely N-dealkylation sites (N-methyl/N-ethyl adjacent to an activating group) is 1. The molecule has 0 radical (unpaired) electrons. The fourth-order valence-corrected chi connectivity index (χ4v) is 9.50. The minimum Gasteiger partial charge on any atom is -0.459 e. The maximum atomic E-state index is 14.2. The average Bonchev–Trinajstić information content (AvgIpc) is 3.16.